The van der Waals surface area contributed by atoms with Crippen LogP contribution in [-0.2, 0) is 11.3 Å². The number of halogens is 1. The fourth-order valence-electron chi connectivity index (χ4n) is 3.56. The van der Waals surface area contributed by atoms with Crippen LogP contribution in [0.2, 0.25) is 0 Å². The smallest absolute Gasteiger partial charge is 0.337 e. The summed E-state index contributed by atoms with van der Waals surface area (Å²) in [5, 5.41) is 2.85. The number of methoxy groups -OCH3 is 1. The van der Waals surface area contributed by atoms with Crippen molar-refractivity contribution in [1.82, 2.24) is 0 Å². The second kappa shape index (κ2) is 9.55. The molecule has 1 aromatic heterocycles. The third-order valence-electron chi connectivity index (χ3n) is 5.19. The third-order valence-corrected chi connectivity index (χ3v) is 5.19. The van der Waals surface area contributed by atoms with Gasteiger partial charge in [0.25, 0.3) is 5.91 Å². The molecule has 32 heavy (non-hydrogen) atoms. The Balaban J connectivity index is 1.48. The number of carbonyl (C=O) groups excluding carboxylic acids is 2. The van der Waals surface area contributed by atoms with Gasteiger partial charge in [0.05, 0.1) is 24.0 Å². The quantitative estimate of drug-likeness (QED) is 0.542. The van der Waals surface area contributed by atoms with Gasteiger partial charge in [0.1, 0.15) is 23.9 Å². The van der Waals surface area contributed by atoms with E-state index >= 15 is 0 Å². The molecule has 0 spiro atoms. The Morgan fingerprint density at radius 3 is 2.53 bits per heavy atom. The standard InChI is InChI=1S/C24H23FN2O5/c1-30-24(29)16-4-10-21(27-12-2-3-13-27)20(14-16)26-23(28)22-11-9-19(32-22)15-31-18-7-5-17(25)6-8-18/h4-11,14H,2-3,12-13,15H2,1H3,(H,26,28). The largest absolute Gasteiger partial charge is 0.486 e. The fourth-order valence-corrected chi connectivity index (χ4v) is 3.56. The van der Waals surface area contributed by atoms with E-state index in [0.717, 1.165) is 31.6 Å². The summed E-state index contributed by atoms with van der Waals surface area (Å²) in [7, 11) is 1.31. The van der Waals surface area contributed by atoms with Gasteiger partial charge in [-0.2, -0.15) is 0 Å². The zero-order chi connectivity index (χ0) is 22.5. The summed E-state index contributed by atoms with van der Waals surface area (Å²) in [5.74, 6) is -0.226. The molecule has 0 unspecified atom stereocenters. The maximum atomic E-state index is 13.0. The lowest BCUT2D eigenvalue weighted by Gasteiger charge is -2.22. The molecular formula is C24H23FN2O5. The topological polar surface area (TPSA) is 81.0 Å². The van der Waals surface area contributed by atoms with Gasteiger partial charge >= 0.3 is 5.97 Å². The number of rotatable bonds is 7. The van der Waals surface area contributed by atoms with Gasteiger partial charge in [-0.25, -0.2) is 9.18 Å². The molecule has 0 atom stereocenters. The number of hydrogen-bond donors (Lipinski definition) is 1. The van der Waals surface area contributed by atoms with Crippen molar-refractivity contribution < 1.29 is 27.9 Å². The number of ether oxygens (including phenoxy) is 2. The average molecular weight is 438 g/mol. The van der Waals surface area contributed by atoms with Crippen molar-refractivity contribution in [2.75, 3.05) is 30.4 Å². The predicted molar refractivity (Wildman–Crippen MR) is 117 cm³/mol. The van der Waals surface area contributed by atoms with Crippen LogP contribution in [0.4, 0.5) is 15.8 Å². The molecule has 3 aromatic rings. The van der Waals surface area contributed by atoms with Gasteiger partial charge in [0, 0.05) is 13.1 Å². The minimum atomic E-state index is -0.480. The highest BCUT2D eigenvalue weighted by Crippen LogP contribution is 2.31. The van der Waals surface area contributed by atoms with Crippen molar-refractivity contribution in [2.24, 2.45) is 0 Å². The number of anilines is 2. The van der Waals surface area contributed by atoms with E-state index in [2.05, 4.69) is 10.2 Å². The summed E-state index contributed by atoms with van der Waals surface area (Å²) in [6.07, 6.45) is 2.14. The van der Waals surface area contributed by atoms with Crippen LogP contribution < -0.4 is 15.0 Å². The molecule has 0 saturated carbocycles. The molecule has 0 bridgehead atoms. The molecule has 166 valence electrons. The number of benzene rings is 2. The first kappa shape index (κ1) is 21.4. The fraction of sp³-hybridized carbons (Fsp3) is 0.250. The Kier molecular flexibility index (Phi) is 6.39. The van der Waals surface area contributed by atoms with Gasteiger partial charge < -0.3 is 24.1 Å². The zero-order valence-corrected chi connectivity index (χ0v) is 17.6. The molecule has 0 aliphatic carbocycles. The molecule has 1 N–H and O–H groups in total. The highest BCUT2D eigenvalue weighted by atomic mass is 19.1. The minimum Gasteiger partial charge on any atom is -0.486 e. The van der Waals surface area contributed by atoms with Crippen LogP contribution in [0.3, 0.4) is 0 Å². The zero-order valence-electron chi connectivity index (χ0n) is 17.6. The lowest BCUT2D eigenvalue weighted by Crippen LogP contribution is -2.21. The Hall–Kier alpha value is -3.81. The number of nitrogens with one attached hydrogen (secondary N) is 1. The summed E-state index contributed by atoms with van der Waals surface area (Å²) in [5.41, 5.74) is 1.70. The molecule has 1 fully saturated rings. The Labute approximate surface area is 184 Å². The van der Waals surface area contributed by atoms with Crippen molar-refractivity contribution >= 4 is 23.3 Å². The van der Waals surface area contributed by atoms with Crippen molar-refractivity contribution in [3.8, 4) is 5.75 Å². The minimum absolute atomic E-state index is 0.0930. The number of esters is 1. The average Bonchev–Trinajstić information content (AvgIpc) is 3.50. The SMILES string of the molecule is COC(=O)c1ccc(N2CCCC2)c(NC(=O)c2ccc(COc3ccc(F)cc3)o2)c1. The molecular weight excluding hydrogens is 415 g/mol. The Bertz CT molecular complexity index is 1100. The van der Waals surface area contributed by atoms with Crippen molar-refractivity contribution in [3.05, 3.63) is 77.5 Å². The van der Waals surface area contributed by atoms with Crippen molar-refractivity contribution in [1.29, 1.82) is 0 Å². The van der Waals surface area contributed by atoms with Crippen molar-refractivity contribution in [3.63, 3.8) is 0 Å². The maximum Gasteiger partial charge on any atom is 0.337 e. The van der Waals surface area contributed by atoms with E-state index in [1.807, 2.05) is 6.07 Å². The Morgan fingerprint density at radius 2 is 1.81 bits per heavy atom. The second-order valence-electron chi connectivity index (χ2n) is 7.38. The van der Waals surface area contributed by atoms with Crippen LogP contribution in [0.5, 0.6) is 5.75 Å². The van der Waals surface area contributed by atoms with Gasteiger partial charge in [-0.1, -0.05) is 0 Å². The molecule has 1 amide bonds. The van der Waals surface area contributed by atoms with Gasteiger partial charge in [-0.15, -0.1) is 0 Å². The number of hydrogen-bond acceptors (Lipinski definition) is 6. The highest BCUT2D eigenvalue weighted by molar-refractivity contribution is 6.05. The van der Waals surface area contributed by atoms with Gasteiger partial charge in [0.2, 0.25) is 0 Å². The molecule has 7 nitrogen and oxygen atoms in total. The van der Waals surface area contributed by atoms with Crippen LogP contribution in [0.15, 0.2) is 59.0 Å². The van der Waals surface area contributed by atoms with E-state index in [1.54, 1.807) is 24.3 Å². The number of furan rings is 1. The van der Waals surface area contributed by atoms with E-state index in [4.69, 9.17) is 13.9 Å². The van der Waals surface area contributed by atoms with Crippen LogP contribution in [0.1, 0.15) is 39.5 Å². The van der Waals surface area contributed by atoms with Crippen LogP contribution >= 0.6 is 0 Å². The molecule has 4 rings (SSSR count). The lowest BCUT2D eigenvalue weighted by atomic mass is 10.1. The first-order chi connectivity index (χ1) is 15.5. The normalized spacial score (nSPS) is 13.1. The molecule has 2 heterocycles. The number of nitrogens with zero attached hydrogens (tertiary/aromatic N) is 1. The number of carbonyl (C=O) groups is 2. The summed E-state index contributed by atoms with van der Waals surface area (Å²) >= 11 is 0. The predicted octanol–water partition coefficient (Wildman–Crippen LogP) is 4.64. The second-order valence-corrected chi connectivity index (χ2v) is 7.38. The van der Waals surface area contributed by atoms with E-state index in [-0.39, 0.29) is 18.2 Å². The maximum absolute atomic E-state index is 13.0. The molecule has 0 radical (unpaired) electrons. The van der Waals surface area contributed by atoms with Crippen LogP contribution in [0.25, 0.3) is 0 Å². The lowest BCUT2D eigenvalue weighted by molar-refractivity contribution is 0.0600. The third kappa shape index (κ3) is 4.91. The Morgan fingerprint density at radius 1 is 1.06 bits per heavy atom. The van der Waals surface area contributed by atoms with E-state index in [1.165, 1.54) is 31.4 Å². The van der Waals surface area contributed by atoms with Crippen LogP contribution in [-0.4, -0.2) is 32.1 Å². The van der Waals surface area contributed by atoms with Crippen LogP contribution in [0, 0.1) is 5.82 Å². The van der Waals surface area contributed by atoms with Gasteiger partial charge in [-0.3, -0.25) is 4.79 Å². The summed E-state index contributed by atoms with van der Waals surface area (Å²) in [6, 6.07) is 13.9. The monoisotopic (exact) mass is 438 g/mol. The molecule has 8 heteroatoms. The molecule has 1 aliphatic rings. The first-order valence-corrected chi connectivity index (χ1v) is 10.3. The van der Waals surface area contributed by atoms with Gasteiger partial charge in [-0.05, 0) is 67.4 Å². The van der Waals surface area contributed by atoms with E-state index < -0.39 is 11.9 Å². The molecule has 2 aromatic carbocycles. The first-order valence-electron chi connectivity index (χ1n) is 10.3. The number of amides is 1. The van der Waals surface area contributed by atoms with E-state index in [0.29, 0.717) is 22.8 Å². The highest BCUT2D eigenvalue weighted by Gasteiger charge is 2.21. The summed E-state index contributed by atoms with van der Waals surface area (Å²) in [6.45, 7) is 1.86. The summed E-state index contributed by atoms with van der Waals surface area (Å²) in [4.78, 5) is 27.0. The van der Waals surface area contributed by atoms with Gasteiger partial charge in [0.15, 0.2) is 5.76 Å². The van der Waals surface area contributed by atoms with Crippen molar-refractivity contribution in [2.45, 2.75) is 19.4 Å². The summed E-state index contributed by atoms with van der Waals surface area (Å²) < 4.78 is 29.0. The van der Waals surface area contributed by atoms with E-state index in [9.17, 15) is 14.0 Å². The molecule has 1 aliphatic heterocycles. The molecule has 1 saturated heterocycles.